The molecule has 126 valence electrons. The number of hydrogen-bond acceptors (Lipinski definition) is 6. The van der Waals surface area contributed by atoms with Crippen molar-refractivity contribution in [2.75, 3.05) is 47.9 Å². The molecule has 0 saturated carbocycles. The Kier molecular flexibility index (Phi) is 10.1. The average Bonchev–Trinajstić information content (AvgIpc) is 2.53. The highest BCUT2D eigenvalue weighted by molar-refractivity contribution is 6.30. The molecule has 0 heterocycles. The Morgan fingerprint density at radius 3 is 2.50 bits per heavy atom. The van der Waals surface area contributed by atoms with Gasteiger partial charge in [-0.3, -0.25) is 0 Å². The van der Waals surface area contributed by atoms with Gasteiger partial charge in [0.25, 0.3) is 0 Å². The average molecular weight is 335 g/mol. The van der Waals surface area contributed by atoms with E-state index in [0.29, 0.717) is 37.2 Å². The third-order valence-corrected chi connectivity index (χ3v) is 3.02. The standard InChI is InChI=1S/C15H23ClO6/c1-17-6-7-20-11-22-14-5-4-13(16)8-12(14)9-21-10-15(18-2)19-3/h4-5,8,15H,6-7,9-11H2,1-3H3. The van der Waals surface area contributed by atoms with Gasteiger partial charge in [-0.25, -0.2) is 0 Å². The smallest absolute Gasteiger partial charge is 0.189 e. The zero-order valence-corrected chi connectivity index (χ0v) is 13.9. The first-order valence-corrected chi connectivity index (χ1v) is 7.20. The van der Waals surface area contributed by atoms with Crippen LogP contribution < -0.4 is 4.74 Å². The molecule has 0 radical (unpaired) electrons. The molecule has 1 rings (SSSR count). The van der Waals surface area contributed by atoms with Gasteiger partial charge in [-0.1, -0.05) is 11.6 Å². The molecule has 1 aromatic carbocycles. The molecule has 6 nitrogen and oxygen atoms in total. The summed E-state index contributed by atoms with van der Waals surface area (Å²) in [5.74, 6) is 0.660. The van der Waals surface area contributed by atoms with E-state index >= 15 is 0 Å². The van der Waals surface area contributed by atoms with Crippen LogP contribution in [0.1, 0.15) is 5.56 Å². The molecule has 0 fully saturated rings. The van der Waals surface area contributed by atoms with E-state index in [2.05, 4.69) is 0 Å². The summed E-state index contributed by atoms with van der Waals surface area (Å²) >= 11 is 6.01. The molecular formula is C15H23ClO6. The molecule has 0 aromatic heterocycles. The van der Waals surface area contributed by atoms with Crippen LogP contribution in [-0.2, 0) is 30.3 Å². The van der Waals surface area contributed by atoms with Gasteiger partial charge in [-0.15, -0.1) is 0 Å². The van der Waals surface area contributed by atoms with Crippen molar-refractivity contribution in [2.45, 2.75) is 12.9 Å². The largest absolute Gasteiger partial charge is 0.467 e. The van der Waals surface area contributed by atoms with Crippen LogP contribution in [0.15, 0.2) is 18.2 Å². The van der Waals surface area contributed by atoms with E-state index in [0.717, 1.165) is 5.56 Å². The zero-order valence-electron chi connectivity index (χ0n) is 13.2. The van der Waals surface area contributed by atoms with E-state index in [9.17, 15) is 0 Å². The maximum Gasteiger partial charge on any atom is 0.189 e. The third-order valence-electron chi connectivity index (χ3n) is 2.79. The Bertz CT molecular complexity index is 411. The van der Waals surface area contributed by atoms with E-state index < -0.39 is 6.29 Å². The second-order valence-corrected chi connectivity index (χ2v) is 4.77. The normalized spacial score (nSPS) is 11.1. The van der Waals surface area contributed by atoms with Crippen LogP contribution in [0, 0.1) is 0 Å². The Labute approximate surface area is 136 Å². The molecule has 0 atom stereocenters. The first-order chi connectivity index (χ1) is 10.7. The molecule has 0 bridgehead atoms. The number of benzene rings is 1. The van der Waals surface area contributed by atoms with Crippen molar-refractivity contribution in [1.29, 1.82) is 0 Å². The fourth-order valence-corrected chi connectivity index (χ4v) is 1.80. The van der Waals surface area contributed by atoms with Crippen LogP contribution in [0.4, 0.5) is 0 Å². The van der Waals surface area contributed by atoms with Crippen LogP contribution in [0.5, 0.6) is 5.75 Å². The predicted molar refractivity (Wildman–Crippen MR) is 82.2 cm³/mol. The summed E-state index contributed by atoms with van der Waals surface area (Å²) in [6.07, 6.45) is -0.402. The van der Waals surface area contributed by atoms with Gasteiger partial charge in [0.05, 0.1) is 26.4 Å². The molecule has 0 amide bonds. The highest BCUT2D eigenvalue weighted by atomic mass is 35.5. The highest BCUT2D eigenvalue weighted by Gasteiger charge is 2.09. The van der Waals surface area contributed by atoms with E-state index in [1.54, 1.807) is 39.5 Å². The Balaban J connectivity index is 2.47. The van der Waals surface area contributed by atoms with E-state index in [1.165, 1.54) is 0 Å². The molecule has 22 heavy (non-hydrogen) atoms. The maximum atomic E-state index is 6.01. The minimum Gasteiger partial charge on any atom is -0.467 e. The summed E-state index contributed by atoms with van der Waals surface area (Å²) in [5.41, 5.74) is 0.828. The number of hydrogen-bond donors (Lipinski definition) is 0. The number of methoxy groups -OCH3 is 3. The topological polar surface area (TPSA) is 55.4 Å². The molecule has 7 heteroatoms. The van der Waals surface area contributed by atoms with Crippen LogP contribution in [-0.4, -0.2) is 54.2 Å². The minimum atomic E-state index is -0.402. The van der Waals surface area contributed by atoms with Crippen LogP contribution in [0.25, 0.3) is 0 Å². The van der Waals surface area contributed by atoms with Gasteiger partial charge in [0.1, 0.15) is 5.75 Å². The summed E-state index contributed by atoms with van der Waals surface area (Å²) in [5, 5.41) is 0.612. The summed E-state index contributed by atoms with van der Waals surface area (Å²) in [4.78, 5) is 0. The summed E-state index contributed by atoms with van der Waals surface area (Å²) in [7, 11) is 4.73. The quantitative estimate of drug-likeness (QED) is 0.432. The highest BCUT2D eigenvalue weighted by Crippen LogP contribution is 2.24. The number of halogens is 1. The van der Waals surface area contributed by atoms with Crippen molar-refractivity contribution in [2.24, 2.45) is 0 Å². The van der Waals surface area contributed by atoms with Crippen molar-refractivity contribution >= 4 is 11.6 Å². The van der Waals surface area contributed by atoms with Crippen molar-refractivity contribution in [3.8, 4) is 5.75 Å². The Morgan fingerprint density at radius 2 is 1.82 bits per heavy atom. The van der Waals surface area contributed by atoms with Crippen LogP contribution in [0.2, 0.25) is 5.02 Å². The maximum absolute atomic E-state index is 6.01. The molecule has 0 unspecified atom stereocenters. The van der Waals surface area contributed by atoms with Gasteiger partial charge in [-0.2, -0.15) is 0 Å². The molecule has 0 N–H and O–H groups in total. The lowest BCUT2D eigenvalue weighted by Gasteiger charge is -2.15. The summed E-state index contributed by atoms with van der Waals surface area (Å²) < 4.78 is 31.4. The Morgan fingerprint density at radius 1 is 1.05 bits per heavy atom. The second kappa shape index (κ2) is 11.6. The first-order valence-electron chi connectivity index (χ1n) is 6.82. The second-order valence-electron chi connectivity index (χ2n) is 4.33. The van der Waals surface area contributed by atoms with Gasteiger partial charge in [0, 0.05) is 31.9 Å². The van der Waals surface area contributed by atoms with E-state index in [1.807, 2.05) is 0 Å². The third kappa shape index (κ3) is 7.40. The zero-order chi connectivity index (χ0) is 16.2. The lowest BCUT2D eigenvalue weighted by atomic mass is 10.2. The number of rotatable bonds is 12. The first kappa shape index (κ1) is 19.2. The minimum absolute atomic E-state index is 0.136. The van der Waals surface area contributed by atoms with Crippen molar-refractivity contribution in [3.05, 3.63) is 28.8 Å². The monoisotopic (exact) mass is 334 g/mol. The van der Waals surface area contributed by atoms with Gasteiger partial charge in [0.2, 0.25) is 0 Å². The fraction of sp³-hybridized carbons (Fsp3) is 0.600. The molecule has 1 aromatic rings. The van der Waals surface area contributed by atoms with Crippen LogP contribution >= 0.6 is 11.6 Å². The molecule has 0 saturated heterocycles. The van der Waals surface area contributed by atoms with Crippen molar-refractivity contribution in [3.63, 3.8) is 0 Å². The van der Waals surface area contributed by atoms with Gasteiger partial charge < -0.3 is 28.4 Å². The molecule has 0 aliphatic heterocycles. The lowest BCUT2D eigenvalue weighted by molar-refractivity contribution is -0.142. The summed E-state index contributed by atoms with van der Waals surface area (Å²) in [6, 6.07) is 5.33. The van der Waals surface area contributed by atoms with Crippen LogP contribution in [0.3, 0.4) is 0 Å². The summed E-state index contributed by atoms with van der Waals surface area (Å²) in [6.45, 7) is 1.77. The molecule has 0 aliphatic carbocycles. The van der Waals surface area contributed by atoms with Crippen molar-refractivity contribution in [1.82, 2.24) is 0 Å². The van der Waals surface area contributed by atoms with Gasteiger partial charge >= 0.3 is 0 Å². The van der Waals surface area contributed by atoms with Gasteiger partial charge in [-0.05, 0) is 18.2 Å². The Hall–Kier alpha value is -0.890. The van der Waals surface area contributed by atoms with E-state index in [-0.39, 0.29) is 6.79 Å². The SMILES string of the molecule is COCCOCOc1ccc(Cl)cc1COCC(OC)OC. The lowest BCUT2D eigenvalue weighted by Crippen LogP contribution is -2.20. The van der Waals surface area contributed by atoms with E-state index in [4.69, 9.17) is 40.0 Å². The van der Waals surface area contributed by atoms with Crippen molar-refractivity contribution < 1.29 is 28.4 Å². The fourth-order valence-electron chi connectivity index (χ4n) is 1.61. The van der Waals surface area contributed by atoms with Gasteiger partial charge in [0.15, 0.2) is 13.1 Å². The molecule has 0 aliphatic rings. The molecule has 0 spiro atoms. The predicted octanol–water partition coefficient (Wildman–Crippen LogP) is 2.47. The molecular weight excluding hydrogens is 312 g/mol. The number of ether oxygens (including phenoxy) is 6.